The van der Waals surface area contributed by atoms with E-state index in [4.69, 9.17) is 21.8 Å². The summed E-state index contributed by atoms with van der Waals surface area (Å²) in [6.45, 7) is -0.913. The van der Waals surface area contributed by atoms with E-state index < -0.39 is 44.4 Å². The van der Waals surface area contributed by atoms with Crippen molar-refractivity contribution in [2.75, 3.05) is 6.61 Å². The summed E-state index contributed by atoms with van der Waals surface area (Å²) in [5.74, 6) is -2.33. The van der Waals surface area contributed by atoms with Crippen molar-refractivity contribution in [3.05, 3.63) is 29.0 Å². The van der Waals surface area contributed by atoms with Crippen molar-refractivity contribution in [2.24, 2.45) is 0 Å². The fourth-order valence-electron chi connectivity index (χ4n) is 1.07. The van der Waals surface area contributed by atoms with Gasteiger partial charge in [-0.05, 0) is 18.2 Å². The summed E-state index contributed by atoms with van der Waals surface area (Å²) in [6, 6.07) is 0.930. The maximum atomic E-state index is 12.9. The molecule has 1 atom stereocenters. The Labute approximate surface area is 107 Å². The van der Waals surface area contributed by atoms with Gasteiger partial charge in [-0.1, -0.05) is 11.6 Å². The first-order valence-corrected chi connectivity index (χ1v) is 6.45. The average molecular weight is 298 g/mol. The van der Waals surface area contributed by atoms with Crippen LogP contribution in [0.25, 0.3) is 0 Å². The summed E-state index contributed by atoms with van der Waals surface area (Å²) in [5, 5.41) is 16.9. The van der Waals surface area contributed by atoms with Gasteiger partial charge in [0.25, 0.3) is 0 Å². The predicted molar refractivity (Wildman–Crippen MR) is 60.2 cm³/mol. The van der Waals surface area contributed by atoms with Crippen LogP contribution in [0, 0.1) is 5.82 Å². The van der Waals surface area contributed by atoms with Gasteiger partial charge in [0.1, 0.15) is 11.9 Å². The molecule has 0 aliphatic carbocycles. The molecule has 9 heteroatoms. The van der Waals surface area contributed by atoms with E-state index in [-0.39, 0.29) is 0 Å². The average Bonchev–Trinajstić information content (AvgIpc) is 2.29. The summed E-state index contributed by atoms with van der Waals surface area (Å²) < 4.78 is 38.0. The molecule has 0 heterocycles. The molecule has 1 aromatic rings. The van der Waals surface area contributed by atoms with Crippen molar-refractivity contribution < 1.29 is 27.8 Å². The smallest absolute Gasteiger partial charge is 0.324 e. The lowest BCUT2D eigenvalue weighted by molar-refractivity contribution is -0.139. The molecule has 0 saturated carbocycles. The first-order valence-electron chi connectivity index (χ1n) is 4.59. The van der Waals surface area contributed by atoms with E-state index in [0.717, 1.165) is 18.2 Å². The number of aliphatic hydroxyl groups excluding tert-OH is 1. The number of carboxylic acid groups (broad SMARTS) is 1. The van der Waals surface area contributed by atoms with Crippen molar-refractivity contribution in [1.29, 1.82) is 0 Å². The number of rotatable bonds is 5. The molecule has 0 unspecified atom stereocenters. The van der Waals surface area contributed by atoms with Crippen LogP contribution >= 0.6 is 11.6 Å². The van der Waals surface area contributed by atoms with Crippen molar-refractivity contribution in [2.45, 2.75) is 10.9 Å². The number of aliphatic carboxylic acids is 1. The van der Waals surface area contributed by atoms with Gasteiger partial charge in [-0.25, -0.2) is 12.8 Å². The quantitative estimate of drug-likeness (QED) is 0.720. The first kappa shape index (κ1) is 14.8. The third kappa shape index (κ3) is 3.39. The van der Waals surface area contributed by atoms with Crippen LogP contribution in [0.1, 0.15) is 0 Å². The molecule has 100 valence electrons. The maximum absolute atomic E-state index is 12.9. The summed E-state index contributed by atoms with van der Waals surface area (Å²) >= 11 is 5.42. The standard InChI is InChI=1S/C9H9ClFNO5S/c10-6-3-5(1-2-7(6)11)18(16,17)12-8(4-13)9(14)15/h1-3,8,12-13H,4H2,(H,14,15)/t8-/m1/s1. The van der Waals surface area contributed by atoms with Crippen molar-refractivity contribution in [1.82, 2.24) is 4.72 Å². The SMILES string of the molecule is O=C(O)[C@@H](CO)NS(=O)(=O)c1ccc(F)c(Cl)c1. The van der Waals surface area contributed by atoms with E-state index in [9.17, 15) is 17.6 Å². The normalized spacial score (nSPS) is 13.3. The Balaban J connectivity index is 3.06. The Kier molecular flexibility index (Phi) is 4.63. The molecule has 6 nitrogen and oxygen atoms in total. The van der Waals surface area contributed by atoms with Crippen LogP contribution in [0.3, 0.4) is 0 Å². The number of nitrogens with one attached hydrogen (secondary N) is 1. The van der Waals surface area contributed by atoms with Gasteiger partial charge in [0.2, 0.25) is 10.0 Å². The molecule has 0 amide bonds. The Morgan fingerprint density at radius 1 is 1.50 bits per heavy atom. The highest BCUT2D eigenvalue weighted by Gasteiger charge is 2.25. The topological polar surface area (TPSA) is 104 Å². The Morgan fingerprint density at radius 2 is 2.11 bits per heavy atom. The highest BCUT2D eigenvalue weighted by atomic mass is 35.5. The number of sulfonamides is 1. The summed E-state index contributed by atoms with van der Waals surface area (Å²) in [5.41, 5.74) is 0. The zero-order valence-electron chi connectivity index (χ0n) is 8.80. The third-order valence-electron chi connectivity index (χ3n) is 1.98. The second kappa shape index (κ2) is 5.61. The number of carboxylic acids is 1. The van der Waals surface area contributed by atoms with E-state index in [0.29, 0.717) is 0 Å². The van der Waals surface area contributed by atoms with Crippen LogP contribution < -0.4 is 4.72 Å². The first-order chi connectivity index (χ1) is 8.27. The lowest BCUT2D eigenvalue weighted by Gasteiger charge is -2.12. The maximum Gasteiger partial charge on any atom is 0.324 e. The molecule has 0 fully saturated rings. The number of aliphatic hydroxyl groups is 1. The number of hydrogen-bond acceptors (Lipinski definition) is 4. The Morgan fingerprint density at radius 3 is 2.56 bits per heavy atom. The highest BCUT2D eigenvalue weighted by Crippen LogP contribution is 2.19. The molecule has 0 bridgehead atoms. The lowest BCUT2D eigenvalue weighted by Crippen LogP contribution is -2.43. The van der Waals surface area contributed by atoms with Crippen molar-refractivity contribution >= 4 is 27.6 Å². The van der Waals surface area contributed by atoms with Crippen LogP contribution in [0.4, 0.5) is 4.39 Å². The van der Waals surface area contributed by atoms with Crippen LogP contribution in [-0.2, 0) is 14.8 Å². The third-order valence-corrected chi connectivity index (χ3v) is 3.74. The van der Waals surface area contributed by atoms with Crippen molar-refractivity contribution in [3.8, 4) is 0 Å². The summed E-state index contributed by atoms with van der Waals surface area (Å²) in [4.78, 5) is 10.2. The molecule has 1 rings (SSSR count). The zero-order valence-corrected chi connectivity index (χ0v) is 10.4. The molecule has 3 N–H and O–H groups in total. The number of hydrogen-bond donors (Lipinski definition) is 3. The number of benzene rings is 1. The van der Waals surface area contributed by atoms with E-state index in [1.165, 1.54) is 0 Å². The fraction of sp³-hybridized carbons (Fsp3) is 0.222. The molecule has 0 aliphatic heterocycles. The van der Waals surface area contributed by atoms with Gasteiger partial charge in [-0.15, -0.1) is 0 Å². The van der Waals surface area contributed by atoms with E-state index in [1.807, 2.05) is 0 Å². The van der Waals surface area contributed by atoms with Crippen molar-refractivity contribution in [3.63, 3.8) is 0 Å². The van der Waals surface area contributed by atoms with E-state index in [2.05, 4.69) is 0 Å². The molecule has 0 aromatic heterocycles. The number of halogens is 2. The van der Waals surface area contributed by atoms with Crippen LogP contribution in [0.2, 0.25) is 5.02 Å². The second-order valence-electron chi connectivity index (χ2n) is 3.27. The Bertz CT molecular complexity index is 562. The minimum absolute atomic E-state index is 0.395. The molecular weight excluding hydrogens is 289 g/mol. The largest absolute Gasteiger partial charge is 0.480 e. The minimum Gasteiger partial charge on any atom is -0.480 e. The van der Waals surface area contributed by atoms with Crippen LogP contribution in [0.5, 0.6) is 0 Å². The van der Waals surface area contributed by atoms with E-state index in [1.54, 1.807) is 4.72 Å². The minimum atomic E-state index is -4.20. The second-order valence-corrected chi connectivity index (χ2v) is 5.39. The van der Waals surface area contributed by atoms with Gasteiger partial charge in [0.15, 0.2) is 0 Å². The lowest BCUT2D eigenvalue weighted by atomic mass is 10.3. The molecule has 0 saturated heterocycles. The molecule has 18 heavy (non-hydrogen) atoms. The van der Waals surface area contributed by atoms with Gasteiger partial charge in [-0.3, -0.25) is 4.79 Å². The summed E-state index contributed by atoms with van der Waals surface area (Å²) in [6.07, 6.45) is 0. The highest BCUT2D eigenvalue weighted by molar-refractivity contribution is 7.89. The molecular formula is C9H9ClFNO5S. The van der Waals surface area contributed by atoms with Gasteiger partial charge in [-0.2, -0.15) is 4.72 Å². The van der Waals surface area contributed by atoms with Gasteiger partial charge < -0.3 is 10.2 Å². The van der Waals surface area contributed by atoms with Gasteiger partial charge in [0.05, 0.1) is 16.5 Å². The van der Waals surface area contributed by atoms with Gasteiger partial charge in [0, 0.05) is 0 Å². The predicted octanol–water partition coefficient (Wildman–Crippen LogP) is 0.203. The number of carbonyl (C=O) groups is 1. The molecule has 0 radical (unpaired) electrons. The van der Waals surface area contributed by atoms with Crippen LogP contribution in [0.15, 0.2) is 23.1 Å². The Hall–Kier alpha value is -1.22. The molecule has 0 aliphatic rings. The zero-order chi connectivity index (χ0) is 13.9. The summed E-state index contributed by atoms with van der Waals surface area (Å²) in [7, 11) is -4.20. The molecule has 1 aromatic carbocycles. The molecule has 0 spiro atoms. The van der Waals surface area contributed by atoms with E-state index >= 15 is 0 Å². The van der Waals surface area contributed by atoms with Crippen LogP contribution in [-0.4, -0.2) is 37.2 Å². The fourth-order valence-corrected chi connectivity index (χ4v) is 2.52. The monoisotopic (exact) mass is 297 g/mol. The van der Waals surface area contributed by atoms with Gasteiger partial charge >= 0.3 is 5.97 Å².